The number of nitrogens with zero attached hydrogens (tertiary/aromatic N) is 1. The highest BCUT2D eigenvalue weighted by Crippen LogP contribution is 2.23. The van der Waals surface area contributed by atoms with Crippen LogP contribution in [0.15, 0.2) is 57.0 Å². The molecular formula is C11H7BrINOS. The lowest BCUT2D eigenvalue weighted by Gasteiger charge is -2.04. The lowest BCUT2D eigenvalue weighted by molar-refractivity contribution is 0.680. The Bertz CT molecular complexity index is 533. The summed E-state index contributed by atoms with van der Waals surface area (Å²) in [6.45, 7) is 0. The molecule has 2 aromatic rings. The van der Waals surface area contributed by atoms with Crippen LogP contribution in [0.3, 0.4) is 0 Å². The molecular weight excluding hydrogens is 401 g/mol. The van der Waals surface area contributed by atoms with Crippen LogP contribution in [-0.4, -0.2) is 9.19 Å². The molecule has 1 aromatic heterocycles. The summed E-state index contributed by atoms with van der Waals surface area (Å²) in [5, 5.41) is 0.586. The lowest BCUT2D eigenvalue weighted by Crippen LogP contribution is -1.97. The highest BCUT2D eigenvalue weighted by molar-refractivity contribution is 14.1. The van der Waals surface area contributed by atoms with Crippen molar-refractivity contribution in [1.29, 1.82) is 0 Å². The van der Waals surface area contributed by atoms with Gasteiger partial charge < -0.3 is 0 Å². The number of hydrogen-bond acceptors (Lipinski definition) is 2. The third-order valence-corrected chi connectivity index (χ3v) is 5.05. The molecule has 5 heteroatoms. The number of hydrogen-bond donors (Lipinski definition) is 0. The third-order valence-electron chi connectivity index (χ3n) is 1.92. The van der Waals surface area contributed by atoms with Gasteiger partial charge >= 0.3 is 0 Å². The van der Waals surface area contributed by atoms with E-state index in [9.17, 15) is 4.21 Å². The molecule has 0 radical (unpaired) electrons. The Morgan fingerprint density at radius 3 is 2.69 bits per heavy atom. The molecule has 0 amide bonds. The molecule has 2 nitrogen and oxygen atoms in total. The Hall–Kier alpha value is -0.270. The largest absolute Gasteiger partial charge is 0.247 e. The molecule has 0 saturated heterocycles. The van der Waals surface area contributed by atoms with E-state index in [2.05, 4.69) is 43.5 Å². The Balaban J connectivity index is 2.42. The van der Waals surface area contributed by atoms with E-state index >= 15 is 0 Å². The Kier molecular flexibility index (Phi) is 4.10. The minimum absolute atomic E-state index is 0.586. The maximum atomic E-state index is 12.2. The second-order valence-electron chi connectivity index (χ2n) is 3.01. The van der Waals surface area contributed by atoms with Gasteiger partial charge in [-0.25, -0.2) is 9.19 Å². The normalized spacial score (nSPS) is 12.4. The van der Waals surface area contributed by atoms with Crippen LogP contribution in [0.5, 0.6) is 0 Å². The van der Waals surface area contributed by atoms with Crippen LogP contribution >= 0.6 is 38.5 Å². The van der Waals surface area contributed by atoms with E-state index < -0.39 is 10.8 Å². The van der Waals surface area contributed by atoms with Crippen molar-refractivity contribution in [3.05, 3.63) is 50.6 Å². The van der Waals surface area contributed by atoms with Crippen molar-refractivity contribution in [2.75, 3.05) is 0 Å². The van der Waals surface area contributed by atoms with E-state index in [-0.39, 0.29) is 0 Å². The molecule has 0 aliphatic heterocycles. The molecule has 0 N–H and O–H groups in total. The molecule has 0 spiro atoms. The molecule has 0 bridgehead atoms. The van der Waals surface area contributed by atoms with Crippen molar-refractivity contribution >= 4 is 49.3 Å². The number of halogens is 2. The zero-order valence-electron chi connectivity index (χ0n) is 8.06. The summed E-state index contributed by atoms with van der Waals surface area (Å²) in [6, 6.07) is 11.1. The molecule has 1 unspecified atom stereocenters. The van der Waals surface area contributed by atoms with E-state index in [4.69, 9.17) is 0 Å². The molecule has 1 aromatic carbocycles. The van der Waals surface area contributed by atoms with Gasteiger partial charge in [0.1, 0.15) is 15.8 Å². The minimum Gasteiger partial charge on any atom is -0.247 e. The number of pyridine rings is 1. The van der Waals surface area contributed by atoms with Gasteiger partial charge in [-0.2, -0.15) is 0 Å². The van der Waals surface area contributed by atoms with E-state index in [0.29, 0.717) is 5.03 Å². The van der Waals surface area contributed by atoms with E-state index in [1.165, 1.54) is 0 Å². The first-order chi connectivity index (χ1) is 7.68. The highest BCUT2D eigenvalue weighted by atomic mass is 127. The second kappa shape index (κ2) is 5.37. The van der Waals surface area contributed by atoms with Gasteiger partial charge in [-0.15, -0.1) is 0 Å². The van der Waals surface area contributed by atoms with Gasteiger partial charge in [0.2, 0.25) is 0 Å². The van der Waals surface area contributed by atoms with Crippen LogP contribution in [0.4, 0.5) is 0 Å². The molecule has 1 heterocycles. The van der Waals surface area contributed by atoms with Crippen LogP contribution in [0, 0.1) is 3.57 Å². The maximum absolute atomic E-state index is 12.2. The highest BCUT2D eigenvalue weighted by Gasteiger charge is 2.11. The fourth-order valence-electron chi connectivity index (χ4n) is 1.19. The zero-order valence-corrected chi connectivity index (χ0v) is 12.6. The number of rotatable bonds is 2. The van der Waals surface area contributed by atoms with E-state index in [1.807, 2.05) is 30.3 Å². The summed E-state index contributed by atoms with van der Waals surface area (Å²) in [5.41, 5.74) is 0. The summed E-state index contributed by atoms with van der Waals surface area (Å²) >= 11 is 5.56. The van der Waals surface area contributed by atoms with Crippen molar-refractivity contribution in [2.45, 2.75) is 9.92 Å². The SMILES string of the molecule is O=S(c1ccccn1)c1ccc(Br)cc1I. The fourth-order valence-corrected chi connectivity index (χ4v) is 4.11. The summed E-state index contributed by atoms with van der Waals surface area (Å²) in [5.74, 6) is 0. The first-order valence-corrected chi connectivity index (χ1v) is 7.48. The zero-order chi connectivity index (χ0) is 11.5. The molecule has 1 atom stereocenters. The van der Waals surface area contributed by atoms with Crippen molar-refractivity contribution < 1.29 is 4.21 Å². The van der Waals surface area contributed by atoms with Crippen molar-refractivity contribution in [3.8, 4) is 0 Å². The van der Waals surface area contributed by atoms with Crippen molar-refractivity contribution in [1.82, 2.24) is 4.98 Å². The average Bonchev–Trinajstić information content (AvgIpc) is 2.29. The summed E-state index contributed by atoms with van der Waals surface area (Å²) in [6.07, 6.45) is 1.65. The molecule has 0 saturated carbocycles. The minimum atomic E-state index is -1.21. The smallest absolute Gasteiger partial charge is 0.132 e. The van der Waals surface area contributed by atoms with Gasteiger partial charge in [0.05, 0.1) is 4.90 Å². The monoisotopic (exact) mass is 407 g/mol. The number of benzene rings is 1. The Morgan fingerprint density at radius 2 is 2.06 bits per heavy atom. The maximum Gasteiger partial charge on any atom is 0.132 e. The van der Waals surface area contributed by atoms with Crippen molar-refractivity contribution in [3.63, 3.8) is 0 Å². The summed E-state index contributed by atoms with van der Waals surface area (Å²) in [4.78, 5) is 4.90. The first-order valence-electron chi connectivity index (χ1n) is 4.46. The fraction of sp³-hybridized carbons (Fsp3) is 0. The first kappa shape index (κ1) is 12.2. The van der Waals surface area contributed by atoms with Gasteiger partial charge in [0.15, 0.2) is 0 Å². The van der Waals surface area contributed by atoms with E-state index in [1.54, 1.807) is 12.3 Å². The molecule has 0 aliphatic carbocycles. The van der Waals surface area contributed by atoms with Gasteiger partial charge in [-0.05, 0) is 52.9 Å². The van der Waals surface area contributed by atoms with Gasteiger partial charge in [-0.1, -0.05) is 22.0 Å². The van der Waals surface area contributed by atoms with Crippen LogP contribution in [0.2, 0.25) is 0 Å². The molecule has 82 valence electrons. The van der Waals surface area contributed by atoms with Crippen LogP contribution in [0.25, 0.3) is 0 Å². The van der Waals surface area contributed by atoms with Gasteiger partial charge in [-0.3, -0.25) is 0 Å². The second-order valence-corrected chi connectivity index (χ2v) is 6.48. The Labute approximate surface area is 118 Å². The van der Waals surface area contributed by atoms with E-state index in [0.717, 1.165) is 12.9 Å². The Morgan fingerprint density at radius 1 is 1.25 bits per heavy atom. The van der Waals surface area contributed by atoms with Gasteiger partial charge in [0, 0.05) is 14.2 Å². The van der Waals surface area contributed by atoms with Crippen molar-refractivity contribution in [2.24, 2.45) is 0 Å². The predicted octanol–water partition coefficient (Wildman–Crippen LogP) is 3.62. The molecule has 0 aliphatic rings. The predicted molar refractivity (Wildman–Crippen MR) is 75.8 cm³/mol. The van der Waals surface area contributed by atoms with Crippen LogP contribution in [-0.2, 0) is 10.8 Å². The van der Waals surface area contributed by atoms with Crippen LogP contribution in [0.1, 0.15) is 0 Å². The van der Waals surface area contributed by atoms with Gasteiger partial charge in [0.25, 0.3) is 0 Å². The average molecular weight is 408 g/mol. The quantitative estimate of drug-likeness (QED) is 0.711. The number of aromatic nitrogens is 1. The molecule has 2 rings (SSSR count). The summed E-state index contributed by atoms with van der Waals surface area (Å²) in [7, 11) is -1.21. The standard InChI is InChI=1S/C11H7BrINOS/c12-8-4-5-10(9(13)7-8)16(15)11-3-1-2-6-14-11/h1-7H. The topological polar surface area (TPSA) is 30.0 Å². The molecule has 16 heavy (non-hydrogen) atoms. The summed E-state index contributed by atoms with van der Waals surface area (Å²) < 4.78 is 14.2. The van der Waals surface area contributed by atoms with Crippen LogP contribution < -0.4 is 0 Å². The third kappa shape index (κ3) is 2.70. The lowest BCUT2D eigenvalue weighted by atomic mass is 10.4. The molecule has 0 fully saturated rings.